The second kappa shape index (κ2) is 10.1. The molecule has 1 aliphatic heterocycles. The smallest absolute Gasteiger partial charge is 0.260 e. The molecular weight excluding hydrogens is 342 g/mol. The minimum absolute atomic E-state index is 0.0250. The molecule has 3 rings (SSSR count). The van der Waals surface area contributed by atoms with E-state index in [-0.39, 0.29) is 12.5 Å². The normalized spacial score (nSPS) is 14.9. The average molecular weight is 372 g/mol. The molecule has 1 aliphatic rings. The van der Waals surface area contributed by atoms with Gasteiger partial charge in [-0.05, 0) is 24.3 Å². The van der Waals surface area contributed by atoms with E-state index in [1.54, 1.807) is 4.90 Å². The molecular formula is C21H30N3O3+. The third-order valence-corrected chi connectivity index (χ3v) is 5.02. The van der Waals surface area contributed by atoms with Crippen LogP contribution >= 0.6 is 0 Å². The fraction of sp³-hybridized carbons (Fsp3) is 0.476. The Morgan fingerprint density at radius 3 is 2.67 bits per heavy atom. The molecule has 1 N–H and O–H groups in total. The quantitative estimate of drug-likeness (QED) is 0.706. The summed E-state index contributed by atoms with van der Waals surface area (Å²) in [5.74, 6) is 0.749. The van der Waals surface area contributed by atoms with Gasteiger partial charge in [-0.3, -0.25) is 4.79 Å². The lowest BCUT2D eigenvalue weighted by Gasteiger charge is -2.26. The summed E-state index contributed by atoms with van der Waals surface area (Å²) in [5.41, 5.74) is 1.13. The maximum absolute atomic E-state index is 12.8. The van der Waals surface area contributed by atoms with Gasteiger partial charge in [-0.25, -0.2) is 0 Å². The summed E-state index contributed by atoms with van der Waals surface area (Å²) in [5, 5.41) is 0. The molecule has 0 spiro atoms. The number of ether oxygens (including phenoxy) is 2. The number of benzene rings is 1. The minimum atomic E-state index is 0.0250. The molecule has 0 radical (unpaired) electrons. The lowest BCUT2D eigenvalue weighted by atomic mass is 10.3. The lowest BCUT2D eigenvalue weighted by Crippen LogP contribution is -3.14. The monoisotopic (exact) mass is 372 g/mol. The first-order valence-corrected chi connectivity index (χ1v) is 9.69. The molecule has 0 aliphatic carbocycles. The number of quaternary nitrogens is 1. The zero-order valence-electron chi connectivity index (χ0n) is 16.1. The SMILES string of the molecule is Cn1cccc1CN(CCC[NH+]1CCOCC1)C(=O)COc1ccccc1. The van der Waals surface area contributed by atoms with Gasteiger partial charge in [0, 0.05) is 31.9 Å². The Balaban J connectivity index is 1.54. The van der Waals surface area contributed by atoms with Crippen LogP contribution in [-0.4, -0.2) is 61.4 Å². The van der Waals surface area contributed by atoms with E-state index in [2.05, 4.69) is 10.6 Å². The van der Waals surface area contributed by atoms with E-state index in [4.69, 9.17) is 9.47 Å². The summed E-state index contributed by atoms with van der Waals surface area (Å²) in [6.07, 6.45) is 2.99. The standard InChI is InChI=1S/C21H29N3O3/c1-22-10-5-7-19(22)17-24(12-6-11-23-13-15-26-16-14-23)21(25)18-27-20-8-3-2-4-9-20/h2-5,7-10H,6,11-18H2,1H3/p+1. The van der Waals surface area contributed by atoms with Crippen molar-refractivity contribution in [3.63, 3.8) is 0 Å². The minimum Gasteiger partial charge on any atom is -0.484 e. The second-order valence-corrected chi connectivity index (χ2v) is 6.99. The van der Waals surface area contributed by atoms with Gasteiger partial charge in [0.25, 0.3) is 5.91 Å². The van der Waals surface area contributed by atoms with Gasteiger partial charge in [0.2, 0.25) is 0 Å². The topological polar surface area (TPSA) is 48.1 Å². The maximum atomic E-state index is 12.8. The Morgan fingerprint density at radius 2 is 1.96 bits per heavy atom. The Bertz CT molecular complexity index is 696. The van der Waals surface area contributed by atoms with E-state index < -0.39 is 0 Å². The van der Waals surface area contributed by atoms with Crippen molar-refractivity contribution < 1.29 is 19.2 Å². The molecule has 1 aromatic carbocycles. The summed E-state index contributed by atoms with van der Waals surface area (Å²) in [7, 11) is 2.01. The second-order valence-electron chi connectivity index (χ2n) is 6.99. The number of hydrogen-bond acceptors (Lipinski definition) is 3. The van der Waals surface area contributed by atoms with Crippen molar-refractivity contribution in [1.29, 1.82) is 0 Å². The van der Waals surface area contributed by atoms with Crippen LogP contribution in [0.1, 0.15) is 12.1 Å². The molecule has 0 saturated carbocycles. The first-order chi connectivity index (χ1) is 13.2. The number of amides is 1. The molecule has 6 heteroatoms. The third-order valence-electron chi connectivity index (χ3n) is 5.02. The third kappa shape index (κ3) is 6.12. The molecule has 2 aromatic rings. The van der Waals surface area contributed by atoms with Gasteiger partial charge in [-0.1, -0.05) is 18.2 Å². The van der Waals surface area contributed by atoms with Gasteiger partial charge in [0.1, 0.15) is 18.8 Å². The number of nitrogens with one attached hydrogen (secondary N) is 1. The molecule has 1 amide bonds. The Hall–Kier alpha value is -2.31. The number of rotatable bonds is 9. The van der Waals surface area contributed by atoms with E-state index in [0.29, 0.717) is 6.54 Å². The van der Waals surface area contributed by atoms with Gasteiger partial charge in [0.15, 0.2) is 6.61 Å². The zero-order chi connectivity index (χ0) is 18.9. The van der Waals surface area contributed by atoms with Gasteiger partial charge in [-0.15, -0.1) is 0 Å². The number of aryl methyl sites for hydroxylation is 1. The highest BCUT2D eigenvalue weighted by atomic mass is 16.5. The van der Waals surface area contributed by atoms with Crippen LogP contribution < -0.4 is 9.64 Å². The van der Waals surface area contributed by atoms with Crippen molar-refractivity contribution in [2.75, 3.05) is 46.0 Å². The number of aromatic nitrogens is 1. The summed E-state index contributed by atoms with van der Waals surface area (Å²) < 4.78 is 13.2. The number of para-hydroxylation sites is 1. The highest BCUT2D eigenvalue weighted by Gasteiger charge is 2.18. The molecule has 27 heavy (non-hydrogen) atoms. The van der Waals surface area contributed by atoms with Crippen molar-refractivity contribution in [1.82, 2.24) is 9.47 Å². The molecule has 6 nitrogen and oxygen atoms in total. The molecule has 1 aromatic heterocycles. The Kier molecular flexibility index (Phi) is 7.30. The lowest BCUT2D eigenvalue weighted by molar-refractivity contribution is -0.908. The van der Waals surface area contributed by atoms with Gasteiger partial charge < -0.3 is 23.8 Å². The number of nitrogens with zero attached hydrogens (tertiary/aromatic N) is 2. The van der Waals surface area contributed by atoms with Crippen LogP contribution in [0.15, 0.2) is 48.7 Å². The number of carbonyl (C=O) groups excluding carboxylic acids is 1. The van der Waals surface area contributed by atoms with Crippen LogP contribution in [-0.2, 0) is 23.1 Å². The van der Waals surface area contributed by atoms with Crippen molar-refractivity contribution in [2.24, 2.45) is 7.05 Å². The first-order valence-electron chi connectivity index (χ1n) is 9.69. The van der Waals surface area contributed by atoms with Gasteiger partial charge in [0.05, 0.1) is 26.3 Å². The maximum Gasteiger partial charge on any atom is 0.260 e. The summed E-state index contributed by atoms with van der Waals surface area (Å²) >= 11 is 0. The van der Waals surface area contributed by atoms with Crippen LogP contribution in [0.2, 0.25) is 0 Å². The van der Waals surface area contributed by atoms with E-state index in [0.717, 1.165) is 57.3 Å². The van der Waals surface area contributed by atoms with Crippen molar-refractivity contribution in [2.45, 2.75) is 13.0 Å². The predicted molar refractivity (Wildman–Crippen MR) is 104 cm³/mol. The summed E-state index contributed by atoms with van der Waals surface area (Å²) in [6, 6.07) is 13.6. The van der Waals surface area contributed by atoms with Crippen LogP contribution in [0.4, 0.5) is 0 Å². The number of hydrogen-bond donors (Lipinski definition) is 1. The van der Waals surface area contributed by atoms with E-state index in [9.17, 15) is 4.79 Å². The zero-order valence-corrected chi connectivity index (χ0v) is 16.1. The van der Waals surface area contributed by atoms with Crippen molar-refractivity contribution in [3.05, 3.63) is 54.4 Å². The summed E-state index contributed by atoms with van der Waals surface area (Å²) in [4.78, 5) is 16.3. The number of carbonyl (C=O) groups is 1. The fourth-order valence-corrected chi connectivity index (χ4v) is 3.33. The Morgan fingerprint density at radius 1 is 1.19 bits per heavy atom. The predicted octanol–water partition coefficient (Wildman–Crippen LogP) is 0.738. The molecule has 0 atom stereocenters. The first kappa shape index (κ1) is 19.5. The van der Waals surface area contributed by atoms with Gasteiger partial charge in [-0.2, -0.15) is 0 Å². The van der Waals surface area contributed by atoms with Crippen LogP contribution in [0.5, 0.6) is 5.75 Å². The van der Waals surface area contributed by atoms with Crippen LogP contribution in [0.25, 0.3) is 0 Å². The van der Waals surface area contributed by atoms with Crippen LogP contribution in [0.3, 0.4) is 0 Å². The highest BCUT2D eigenvalue weighted by Crippen LogP contribution is 2.10. The van der Waals surface area contributed by atoms with Crippen molar-refractivity contribution >= 4 is 5.91 Å². The van der Waals surface area contributed by atoms with E-state index in [1.165, 1.54) is 0 Å². The molecule has 1 saturated heterocycles. The van der Waals surface area contributed by atoms with Crippen LogP contribution in [0, 0.1) is 0 Å². The molecule has 0 bridgehead atoms. The van der Waals surface area contributed by atoms with Crippen molar-refractivity contribution in [3.8, 4) is 5.75 Å². The fourth-order valence-electron chi connectivity index (χ4n) is 3.33. The molecule has 146 valence electrons. The highest BCUT2D eigenvalue weighted by molar-refractivity contribution is 5.77. The van der Waals surface area contributed by atoms with E-state index in [1.807, 2.05) is 54.5 Å². The number of morpholine rings is 1. The molecule has 2 heterocycles. The molecule has 0 unspecified atom stereocenters. The van der Waals surface area contributed by atoms with E-state index >= 15 is 0 Å². The largest absolute Gasteiger partial charge is 0.484 e. The average Bonchev–Trinajstić information content (AvgIpc) is 3.11. The Labute approximate surface area is 161 Å². The summed E-state index contributed by atoms with van der Waals surface area (Å²) in [6.45, 7) is 6.29. The molecule has 1 fully saturated rings. The van der Waals surface area contributed by atoms with Gasteiger partial charge >= 0.3 is 0 Å².